The van der Waals surface area contributed by atoms with Crippen LogP contribution in [-0.4, -0.2) is 29.6 Å². The molecule has 0 aliphatic carbocycles. The van der Waals surface area contributed by atoms with Gasteiger partial charge in [0.1, 0.15) is 6.04 Å². The molecule has 6 nitrogen and oxygen atoms in total. The number of alkyl carbamates (subject to hydrolysis) is 1. The minimum atomic E-state index is -0.628. The van der Waals surface area contributed by atoms with E-state index in [1.807, 2.05) is 6.92 Å². The largest absolute Gasteiger partial charge is 0.450 e. The molecule has 0 saturated heterocycles. The zero-order chi connectivity index (χ0) is 13.7. The van der Waals surface area contributed by atoms with Crippen molar-refractivity contribution in [3.63, 3.8) is 0 Å². The number of rotatable bonds is 4. The second kappa shape index (κ2) is 6.17. The molecule has 0 radical (unpaired) electrons. The zero-order valence-electron chi connectivity index (χ0n) is 10.8. The minimum Gasteiger partial charge on any atom is -0.450 e. The van der Waals surface area contributed by atoms with Gasteiger partial charge in [-0.2, -0.15) is 0 Å². The number of anilines is 1. The molecule has 19 heavy (non-hydrogen) atoms. The molecule has 2 N–H and O–H groups in total. The maximum atomic E-state index is 11.8. The first kappa shape index (κ1) is 13.3. The van der Waals surface area contributed by atoms with Crippen molar-refractivity contribution in [3.8, 4) is 0 Å². The summed E-state index contributed by atoms with van der Waals surface area (Å²) in [5.74, 6) is -0.243. The Morgan fingerprint density at radius 2 is 2.47 bits per heavy atom. The van der Waals surface area contributed by atoms with Crippen LogP contribution >= 0.6 is 0 Å². The fourth-order valence-electron chi connectivity index (χ4n) is 1.83. The summed E-state index contributed by atoms with van der Waals surface area (Å²) in [5, 5.41) is 5.27. The molecule has 2 rings (SSSR count). The summed E-state index contributed by atoms with van der Waals surface area (Å²) in [6, 6.07) is 2.92. The Bertz CT molecular complexity index is 476. The lowest BCUT2D eigenvalue weighted by atomic mass is 10.0. The number of ether oxygens (including phenoxy) is 1. The van der Waals surface area contributed by atoms with Crippen molar-refractivity contribution >= 4 is 17.7 Å². The van der Waals surface area contributed by atoms with Gasteiger partial charge in [0, 0.05) is 12.6 Å². The van der Waals surface area contributed by atoms with Gasteiger partial charge in [0.2, 0.25) is 5.91 Å². The van der Waals surface area contributed by atoms with Gasteiger partial charge in [-0.3, -0.25) is 9.78 Å². The smallest absolute Gasteiger partial charge is 0.407 e. The van der Waals surface area contributed by atoms with Gasteiger partial charge in [0.25, 0.3) is 0 Å². The molecule has 1 unspecified atom stereocenters. The molecule has 1 atom stereocenters. The molecule has 0 fully saturated rings. The van der Waals surface area contributed by atoms with Crippen LogP contribution < -0.4 is 10.6 Å². The van der Waals surface area contributed by atoms with Gasteiger partial charge >= 0.3 is 6.09 Å². The molecule has 2 amide bonds. The number of carbonyl (C=O) groups excluding carboxylic acids is 2. The fraction of sp³-hybridized carbons (Fsp3) is 0.462. The summed E-state index contributed by atoms with van der Waals surface area (Å²) >= 11 is 0. The van der Waals surface area contributed by atoms with Gasteiger partial charge in [-0.15, -0.1) is 0 Å². The SMILES string of the molecule is CCCCOC(=O)NC1Cc2ncccc2NC1=O. The number of unbranched alkanes of at least 4 members (excludes halogenated alkanes) is 1. The summed E-state index contributed by atoms with van der Waals surface area (Å²) < 4.78 is 4.97. The van der Waals surface area contributed by atoms with Crippen LogP contribution in [0, 0.1) is 0 Å². The molecule has 0 spiro atoms. The predicted octanol–water partition coefficient (Wildman–Crippen LogP) is 1.47. The molecule has 6 heteroatoms. The molecule has 1 aromatic heterocycles. The third-order valence-corrected chi connectivity index (χ3v) is 2.89. The molecule has 102 valence electrons. The van der Waals surface area contributed by atoms with Crippen LogP contribution in [-0.2, 0) is 16.0 Å². The molecule has 1 aliphatic heterocycles. The average Bonchev–Trinajstić information content (AvgIpc) is 2.40. The number of fused-ring (bicyclic) bond motifs is 1. The van der Waals surface area contributed by atoms with Crippen LogP contribution in [0.25, 0.3) is 0 Å². The van der Waals surface area contributed by atoms with Gasteiger partial charge in [0.15, 0.2) is 0 Å². The maximum Gasteiger partial charge on any atom is 0.407 e. The lowest BCUT2D eigenvalue weighted by Crippen LogP contribution is -2.48. The van der Waals surface area contributed by atoms with Gasteiger partial charge in [-0.1, -0.05) is 13.3 Å². The van der Waals surface area contributed by atoms with E-state index in [0.717, 1.165) is 18.5 Å². The Balaban J connectivity index is 1.92. The summed E-state index contributed by atoms with van der Waals surface area (Å²) in [6.07, 6.45) is 3.24. The van der Waals surface area contributed by atoms with E-state index in [1.165, 1.54) is 0 Å². The number of pyridine rings is 1. The van der Waals surface area contributed by atoms with Crippen molar-refractivity contribution in [2.75, 3.05) is 11.9 Å². The lowest BCUT2D eigenvalue weighted by Gasteiger charge is -2.24. The summed E-state index contributed by atoms with van der Waals surface area (Å²) in [6.45, 7) is 2.38. The highest BCUT2D eigenvalue weighted by Gasteiger charge is 2.28. The molecule has 0 aromatic carbocycles. The Morgan fingerprint density at radius 3 is 3.26 bits per heavy atom. The molecule has 0 saturated carbocycles. The number of nitrogens with one attached hydrogen (secondary N) is 2. The summed E-state index contributed by atoms with van der Waals surface area (Å²) in [4.78, 5) is 27.5. The predicted molar refractivity (Wildman–Crippen MR) is 69.8 cm³/mol. The summed E-state index contributed by atoms with van der Waals surface area (Å²) in [7, 11) is 0. The number of carbonyl (C=O) groups is 2. The van der Waals surface area contributed by atoms with Crippen LogP contribution in [0.15, 0.2) is 18.3 Å². The maximum absolute atomic E-state index is 11.8. The first-order chi connectivity index (χ1) is 9.20. The Morgan fingerprint density at radius 1 is 1.63 bits per heavy atom. The summed E-state index contributed by atoms with van der Waals surface area (Å²) in [5.41, 5.74) is 1.46. The van der Waals surface area contributed by atoms with Gasteiger partial charge in [0.05, 0.1) is 18.0 Å². The lowest BCUT2D eigenvalue weighted by molar-refractivity contribution is -0.118. The van der Waals surface area contributed by atoms with Crippen LogP contribution in [0.5, 0.6) is 0 Å². The van der Waals surface area contributed by atoms with E-state index in [9.17, 15) is 9.59 Å². The van der Waals surface area contributed by atoms with Crippen molar-refractivity contribution in [2.45, 2.75) is 32.2 Å². The van der Waals surface area contributed by atoms with E-state index < -0.39 is 12.1 Å². The monoisotopic (exact) mass is 263 g/mol. The Labute approximate surface area is 111 Å². The molecule has 2 heterocycles. The van der Waals surface area contributed by atoms with Crippen molar-refractivity contribution in [3.05, 3.63) is 24.0 Å². The quantitative estimate of drug-likeness (QED) is 0.806. The van der Waals surface area contributed by atoms with Crippen LogP contribution in [0.4, 0.5) is 10.5 Å². The molecule has 1 aromatic rings. The average molecular weight is 263 g/mol. The molecule has 0 bridgehead atoms. The normalized spacial score (nSPS) is 17.3. The first-order valence-electron chi connectivity index (χ1n) is 6.38. The molecular formula is C13H17N3O3. The minimum absolute atomic E-state index is 0.243. The van der Waals surface area contributed by atoms with Crippen molar-refractivity contribution in [2.24, 2.45) is 0 Å². The Hall–Kier alpha value is -2.11. The highest BCUT2D eigenvalue weighted by atomic mass is 16.5. The van der Waals surface area contributed by atoms with Gasteiger partial charge in [-0.25, -0.2) is 4.79 Å². The topological polar surface area (TPSA) is 80.3 Å². The Kier molecular flexibility index (Phi) is 4.33. The first-order valence-corrected chi connectivity index (χ1v) is 6.38. The van der Waals surface area contributed by atoms with E-state index in [0.29, 0.717) is 18.7 Å². The van der Waals surface area contributed by atoms with Crippen molar-refractivity contribution < 1.29 is 14.3 Å². The number of hydrogen-bond acceptors (Lipinski definition) is 4. The zero-order valence-corrected chi connectivity index (χ0v) is 10.8. The second-order valence-corrected chi connectivity index (χ2v) is 4.38. The molecular weight excluding hydrogens is 246 g/mol. The van der Waals surface area contributed by atoms with Crippen LogP contribution in [0.1, 0.15) is 25.5 Å². The van der Waals surface area contributed by atoms with E-state index in [-0.39, 0.29) is 5.91 Å². The standard InChI is InChI=1S/C13H17N3O3/c1-2-3-7-19-13(18)16-11-8-10-9(15-12(11)17)5-4-6-14-10/h4-6,11H,2-3,7-8H2,1H3,(H,15,17)(H,16,18). The van der Waals surface area contributed by atoms with Crippen molar-refractivity contribution in [1.29, 1.82) is 0 Å². The van der Waals surface area contributed by atoms with Crippen molar-refractivity contribution in [1.82, 2.24) is 10.3 Å². The van der Waals surface area contributed by atoms with Gasteiger partial charge in [-0.05, 0) is 18.6 Å². The number of aromatic nitrogens is 1. The highest BCUT2D eigenvalue weighted by molar-refractivity contribution is 5.99. The number of amides is 2. The second-order valence-electron chi connectivity index (χ2n) is 4.38. The highest BCUT2D eigenvalue weighted by Crippen LogP contribution is 2.19. The van der Waals surface area contributed by atoms with Gasteiger partial charge < -0.3 is 15.4 Å². The van der Waals surface area contributed by atoms with E-state index >= 15 is 0 Å². The number of nitrogens with zero attached hydrogens (tertiary/aromatic N) is 1. The third-order valence-electron chi connectivity index (χ3n) is 2.89. The van der Waals surface area contributed by atoms with Crippen LogP contribution in [0.2, 0.25) is 0 Å². The van der Waals surface area contributed by atoms with E-state index in [1.54, 1.807) is 18.3 Å². The fourth-order valence-corrected chi connectivity index (χ4v) is 1.83. The molecule has 1 aliphatic rings. The third kappa shape index (κ3) is 3.43. The van der Waals surface area contributed by atoms with E-state index in [4.69, 9.17) is 4.74 Å². The van der Waals surface area contributed by atoms with E-state index in [2.05, 4.69) is 15.6 Å². The number of hydrogen-bond donors (Lipinski definition) is 2. The van der Waals surface area contributed by atoms with Crippen LogP contribution in [0.3, 0.4) is 0 Å².